The molecule has 1 fully saturated rings. The van der Waals surface area contributed by atoms with Crippen molar-refractivity contribution in [1.29, 1.82) is 0 Å². The number of aliphatic hydroxyl groups excluding tert-OH is 1. The lowest BCUT2D eigenvalue weighted by Gasteiger charge is -2.33. The SMILES string of the molecule is CCCCC(=O)C1N(C(=O)C(O)C(Cc2ccccc2)NC(=O)c2cccc(O)c2C)CSC1(C)C. The van der Waals surface area contributed by atoms with Crippen LogP contribution < -0.4 is 5.32 Å². The summed E-state index contributed by atoms with van der Waals surface area (Å²) in [4.78, 5) is 41.3. The van der Waals surface area contributed by atoms with E-state index in [0.717, 1.165) is 18.4 Å². The number of amides is 2. The van der Waals surface area contributed by atoms with E-state index < -0.39 is 34.7 Å². The van der Waals surface area contributed by atoms with Gasteiger partial charge in [-0.25, -0.2) is 0 Å². The molecule has 194 valence electrons. The van der Waals surface area contributed by atoms with Crippen molar-refractivity contribution in [3.05, 3.63) is 65.2 Å². The smallest absolute Gasteiger partial charge is 0.254 e. The van der Waals surface area contributed by atoms with E-state index in [1.54, 1.807) is 19.1 Å². The Labute approximate surface area is 217 Å². The summed E-state index contributed by atoms with van der Waals surface area (Å²) in [5.41, 5.74) is 1.51. The van der Waals surface area contributed by atoms with E-state index in [0.29, 0.717) is 17.9 Å². The molecule has 2 aromatic carbocycles. The summed E-state index contributed by atoms with van der Waals surface area (Å²) < 4.78 is -0.475. The van der Waals surface area contributed by atoms with E-state index >= 15 is 0 Å². The first kappa shape index (κ1) is 27.7. The zero-order chi connectivity index (χ0) is 26.5. The fourth-order valence-corrected chi connectivity index (χ4v) is 5.74. The molecular weight excluding hydrogens is 476 g/mol. The van der Waals surface area contributed by atoms with Gasteiger partial charge in [-0.05, 0) is 51.3 Å². The zero-order valence-electron chi connectivity index (χ0n) is 21.4. The lowest BCUT2D eigenvalue weighted by atomic mass is 9.93. The molecule has 3 rings (SSSR count). The lowest BCUT2D eigenvalue weighted by molar-refractivity contribution is -0.146. The summed E-state index contributed by atoms with van der Waals surface area (Å²) in [6.45, 7) is 7.53. The largest absolute Gasteiger partial charge is 0.508 e. The van der Waals surface area contributed by atoms with Crippen LogP contribution in [-0.4, -0.2) is 61.5 Å². The third-order valence-electron chi connectivity index (χ3n) is 6.71. The average Bonchev–Trinajstić information content (AvgIpc) is 3.18. The van der Waals surface area contributed by atoms with Crippen molar-refractivity contribution in [3.63, 3.8) is 0 Å². The third-order valence-corrected chi connectivity index (χ3v) is 8.08. The fourth-order valence-electron chi connectivity index (χ4n) is 4.57. The summed E-state index contributed by atoms with van der Waals surface area (Å²) in [6.07, 6.45) is 0.670. The van der Waals surface area contributed by atoms with Gasteiger partial charge in [0.05, 0.1) is 11.9 Å². The molecule has 0 saturated carbocycles. The monoisotopic (exact) mass is 512 g/mol. The van der Waals surface area contributed by atoms with Gasteiger partial charge in [-0.1, -0.05) is 49.7 Å². The fraction of sp³-hybridized carbons (Fsp3) is 0.464. The summed E-state index contributed by atoms with van der Waals surface area (Å²) in [6, 6.07) is 12.4. The molecule has 1 aliphatic heterocycles. The number of nitrogens with zero attached hydrogens (tertiary/aromatic N) is 1. The van der Waals surface area contributed by atoms with Crippen LogP contribution in [0.3, 0.4) is 0 Å². The van der Waals surface area contributed by atoms with Gasteiger partial charge in [0.2, 0.25) is 0 Å². The highest BCUT2D eigenvalue weighted by Crippen LogP contribution is 2.40. The number of rotatable bonds is 10. The maximum absolute atomic E-state index is 13.6. The van der Waals surface area contributed by atoms with Crippen molar-refractivity contribution >= 4 is 29.4 Å². The molecule has 0 aliphatic carbocycles. The minimum Gasteiger partial charge on any atom is -0.508 e. The molecule has 1 aliphatic rings. The highest BCUT2D eigenvalue weighted by molar-refractivity contribution is 8.00. The van der Waals surface area contributed by atoms with Crippen LogP contribution in [0.25, 0.3) is 0 Å². The van der Waals surface area contributed by atoms with Crippen LogP contribution in [-0.2, 0) is 16.0 Å². The number of aliphatic hydroxyl groups is 1. The van der Waals surface area contributed by atoms with Crippen molar-refractivity contribution in [2.24, 2.45) is 0 Å². The number of hydrogen-bond acceptors (Lipinski definition) is 6. The quantitative estimate of drug-likeness (QED) is 0.447. The first-order valence-electron chi connectivity index (χ1n) is 12.4. The third kappa shape index (κ3) is 6.28. The number of nitrogens with one attached hydrogen (secondary N) is 1. The molecule has 3 unspecified atom stereocenters. The number of unbranched alkanes of at least 4 members (excludes halogenated alkanes) is 1. The van der Waals surface area contributed by atoms with Gasteiger partial charge in [0, 0.05) is 22.3 Å². The standard InChI is InChI=1S/C28H36N2O5S/c1-5-6-14-23(32)25-28(3,4)36-17-30(25)27(35)24(33)21(16-19-11-8-7-9-12-19)29-26(34)20-13-10-15-22(31)18(20)2/h7-13,15,21,24-25,31,33H,5-6,14,16-17H2,1-4H3,(H,29,34). The number of aromatic hydroxyl groups is 1. The summed E-state index contributed by atoms with van der Waals surface area (Å²) in [5.74, 6) is -0.793. The molecule has 0 spiro atoms. The van der Waals surface area contributed by atoms with Crippen molar-refractivity contribution in [2.75, 3.05) is 5.88 Å². The number of thioether (sulfide) groups is 1. The molecule has 36 heavy (non-hydrogen) atoms. The number of benzene rings is 2. The van der Waals surface area contributed by atoms with Gasteiger partial charge in [-0.15, -0.1) is 11.8 Å². The maximum atomic E-state index is 13.6. The van der Waals surface area contributed by atoms with Crippen LogP contribution in [0.2, 0.25) is 0 Å². The van der Waals surface area contributed by atoms with Gasteiger partial charge in [-0.2, -0.15) is 0 Å². The molecule has 7 nitrogen and oxygen atoms in total. The van der Waals surface area contributed by atoms with Crippen LogP contribution in [0.1, 0.15) is 61.5 Å². The Bertz CT molecular complexity index is 1090. The van der Waals surface area contributed by atoms with E-state index in [1.165, 1.54) is 22.7 Å². The van der Waals surface area contributed by atoms with E-state index in [-0.39, 0.29) is 23.5 Å². The molecule has 2 amide bonds. The molecule has 2 aromatic rings. The van der Waals surface area contributed by atoms with Crippen molar-refractivity contribution in [1.82, 2.24) is 10.2 Å². The van der Waals surface area contributed by atoms with Gasteiger partial charge in [0.25, 0.3) is 11.8 Å². The highest BCUT2D eigenvalue weighted by atomic mass is 32.2. The highest BCUT2D eigenvalue weighted by Gasteiger charge is 2.49. The minimum absolute atomic E-state index is 0.00793. The Hall–Kier alpha value is -2.84. The average molecular weight is 513 g/mol. The molecule has 3 atom stereocenters. The molecule has 1 saturated heterocycles. The molecule has 1 heterocycles. The second-order valence-electron chi connectivity index (χ2n) is 9.82. The van der Waals surface area contributed by atoms with Gasteiger partial charge in [0.1, 0.15) is 11.8 Å². The Morgan fingerprint density at radius 2 is 1.83 bits per heavy atom. The van der Waals surface area contributed by atoms with Crippen molar-refractivity contribution in [2.45, 2.75) is 76.3 Å². The molecule has 0 bridgehead atoms. The van der Waals surface area contributed by atoms with Crippen molar-refractivity contribution < 1.29 is 24.6 Å². The number of phenolic OH excluding ortho intramolecular Hbond substituents is 1. The molecule has 0 aromatic heterocycles. The normalized spacial score (nSPS) is 18.5. The van der Waals surface area contributed by atoms with Crippen LogP contribution in [0.4, 0.5) is 0 Å². The van der Waals surface area contributed by atoms with Gasteiger partial charge >= 0.3 is 0 Å². The van der Waals surface area contributed by atoms with Gasteiger partial charge < -0.3 is 20.4 Å². The summed E-state index contributed by atoms with van der Waals surface area (Å²) in [7, 11) is 0. The van der Waals surface area contributed by atoms with E-state index in [4.69, 9.17) is 0 Å². The van der Waals surface area contributed by atoms with Gasteiger partial charge in [-0.3, -0.25) is 14.4 Å². The molecular formula is C28H36N2O5S. The zero-order valence-corrected chi connectivity index (χ0v) is 22.2. The number of Topliss-reactive ketones (excluding diaryl/α,β-unsaturated/α-hetero) is 1. The van der Waals surface area contributed by atoms with Crippen molar-refractivity contribution in [3.8, 4) is 5.75 Å². The Balaban J connectivity index is 1.87. The summed E-state index contributed by atoms with van der Waals surface area (Å²) >= 11 is 1.51. The van der Waals surface area contributed by atoms with Crippen LogP contribution in [0, 0.1) is 6.92 Å². The number of carbonyl (C=O) groups excluding carboxylic acids is 3. The van der Waals surface area contributed by atoms with Crippen LogP contribution in [0.5, 0.6) is 5.75 Å². The van der Waals surface area contributed by atoms with E-state index in [2.05, 4.69) is 5.32 Å². The van der Waals surface area contributed by atoms with Gasteiger partial charge in [0.15, 0.2) is 11.9 Å². The number of phenols is 1. The predicted octanol–water partition coefficient (Wildman–Crippen LogP) is 3.84. The van der Waals surface area contributed by atoms with E-state index in [9.17, 15) is 24.6 Å². The Morgan fingerprint density at radius 1 is 1.14 bits per heavy atom. The Kier molecular flexibility index (Phi) is 9.19. The summed E-state index contributed by atoms with van der Waals surface area (Å²) in [5, 5.41) is 24.1. The molecule has 3 N–H and O–H groups in total. The van der Waals surface area contributed by atoms with E-state index in [1.807, 2.05) is 51.1 Å². The van der Waals surface area contributed by atoms with Crippen LogP contribution >= 0.6 is 11.8 Å². The second kappa shape index (κ2) is 11.9. The predicted molar refractivity (Wildman–Crippen MR) is 142 cm³/mol. The molecule has 0 radical (unpaired) electrons. The first-order valence-corrected chi connectivity index (χ1v) is 13.3. The number of hydrogen-bond donors (Lipinski definition) is 3. The number of carbonyl (C=O) groups is 3. The topological polar surface area (TPSA) is 107 Å². The first-order chi connectivity index (χ1) is 17.1. The van der Waals surface area contributed by atoms with Crippen LogP contribution in [0.15, 0.2) is 48.5 Å². The maximum Gasteiger partial charge on any atom is 0.254 e. The molecule has 8 heteroatoms. The lowest BCUT2D eigenvalue weighted by Crippen LogP contribution is -2.57. The number of ketones is 1. The second-order valence-corrected chi connectivity index (χ2v) is 11.4. The Morgan fingerprint density at radius 3 is 2.50 bits per heavy atom. The minimum atomic E-state index is -1.55.